The molecule has 0 saturated carbocycles. The minimum Gasteiger partial charge on any atom is -0.341 e. The SMILES string of the molecule is Cc1nc(N2CCCC2)nc(C)c1NC(=O)Cc1ccc(Cl)cc1. The first-order chi connectivity index (χ1) is 11.5. The van der Waals surface area contributed by atoms with E-state index in [4.69, 9.17) is 11.6 Å². The van der Waals surface area contributed by atoms with Crippen molar-refractivity contribution in [3.05, 3.63) is 46.2 Å². The molecule has 126 valence electrons. The van der Waals surface area contributed by atoms with Gasteiger partial charge in [-0.05, 0) is 44.4 Å². The normalized spacial score (nSPS) is 14.0. The molecule has 1 N–H and O–H groups in total. The Hall–Kier alpha value is -2.14. The smallest absolute Gasteiger partial charge is 0.228 e. The van der Waals surface area contributed by atoms with Crippen molar-refractivity contribution in [2.45, 2.75) is 33.1 Å². The number of aromatic nitrogens is 2. The van der Waals surface area contributed by atoms with Gasteiger partial charge in [0.1, 0.15) is 0 Å². The van der Waals surface area contributed by atoms with Gasteiger partial charge in [-0.3, -0.25) is 4.79 Å². The number of benzene rings is 1. The lowest BCUT2D eigenvalue weighted by molar-refractivity contribution is -0.115. The second kappa shape index (κ2) is 7.18. The van der Waals surface area contributed by atoms with Crippen molar-refractivity contribution in [1.82, 2.24) is 9.97 Å². The number of carbonyl (C=O) groups is 1. The molecule has 1 saturated heterocycles. The molecule has 1 aromatic heterocycles. The summed E-state index contributed by atoms with van der Waals surface area (Å²) in [5.41, 5.74) is 3.22. The van der Waals surface area contributed by atoms with Crippen molar-refractivity contribution in [3.8, 4) is 0 Å². The molecular formula is C18H21ClN4O. The Morgan fingerprint density at radius 2 is 1.71 bits per heavy atom. The first kappa shape index (κ1) is 16.7. The molecule has 2 heterocycles. The molecule has 6 heteroatoms. The summed E-state index contributed by atoms with van der Waals surface area (Å²) in [6.45, 7) is 5.82. The van der Waals surface area contributed by atoms with Crippen LogP contribution in [0.4, 0.5) is 11.6 Å². The molecule has 1 amide bonds. The van der Waals surface area contributed by atoms with Crippen molar-refractivity contribution < 1.29 is 4.79 Å². The predicted octanol–water partition coefficient (Wildman–Crippen LogP) is 3.53. The molecule has 0 radical (unpaired) electrons. The summed E-state index contributed by atoms with van der Waals surface area (Å²) < 4.78 is 0. The highest BCUT2D eigenvalue weighted by molar-refractivity contribution is 6.30. The van der Waals surface area contributed by atoms with Gasteiger partial charge in [0.2, 0.25) is 11.9 Å². The number of hydrogen-bond acceptors (Lipinski definition) is 4. The van der Waals surface area contributed by atoms with Gasteiger partial charge in [0, 0.05) is 18.1 Å². The Morgan fingerprint density at radius 1 is 1.12 bits per heavy atom. The Morgan fingerprint density at radius 3 is 2.29 bits per heavy atom. The third-order valence-corrected chi connectivity index (χ3v) is 4.44. The maximum Gasteiger partial charge on any atom is 0.228 e. The fraction of sp³-hybridized carbons (Fsp3) is 0.389. The average Bonchev–Trinajstić information content (AvgIpc) is 3.07. The van der Waals surface area contributed by atoms with Crippen LogP contribution in [-0.2, 0) is 11.2 Å². The molecule has 0 bridgehead atoms. The van der Waals surface area contributed by atoms with E-state index in [1.54, 1.807) is 12.1 Å². The monoisotopic (exact) mass is 344 g/mol. The standard InChI is InChI=1S/C18H21ClN4O/c1-12-17(13(2)21-18(20-12)23-9-3-4-10-23)22-16(24)11-14-5-7-15(19)8-6-14/h5-8H,3-4,9-11H2,1-2H3,(H,22,24). The number of hydrogen-bond donors (Lipinski definition) is 1. The summed E-state index contributed by atoms with van der Waals surface area (Å²) in [4.78, 5) is 23.6. The van der Waals surface area contributed by atoms with E-state index >= 15 is 0 Å². The van der Waals surface area contributed by atoms with Crippen LogP contribution in [0.5, 0.6) is 0 Å². The van der Waals surface area contributed by atoms with E-state index in [0.29, 0.717) is 17.1 Å². The van der Waals surface area contributed by atoms with E-state index in [0.717, 1.165) is 36.0 Å². The molecule has 1 aliphatic rings. The van der Waals surface area contributed by atoms with Gasteiger partial charge < -0.3 is 10.2 Å². The fourth-order valence-electron chi connectivity index (χ4n) is 2.91. The van der Waals surface area contributed by atoms with Crippen molar-refractivity contribution in [1.29, 1.82) is 0 Å². The maximum atomic E-state index is 12.3. The molecule has 1 fully saturated rings. The number of halogens is 1. The molecule has 1 aromatic carbocycles. The Labute approximate surface area is 147 Å². The Bertz CT molecular complexity index is 716. The number of amides is 1. The third kappa shape index (κ3) is 3.85. The van der Waals surface area contributed by atoms with Crippen LogP contribution in [-0.4, -0.2) is 29.0 Å². The lowest BCUT2D eigenvalue weighted by Crippen LogP contribution is -2.23. The summed E-state index contributed by atoms with van der Waals surface area (Å²) >= 11 is 5.87. The zero-order valence-corrected chi connectivity index (χ0v) is 14.7. The van der Waals surface area contributed by atoms with Crippen LogP contribution in [0.2, 0.25) is 5.02 Å². The van der Waals surface area contributed by atoms with E-state index in [1.807, 2.05) is 26.0 Å². The van der Waals surface area contributed by atoms with Crippen LogP contribution in [0.3, 0.4) is 0 Å². The molecular weight excluding hydrogens is 324 g/mol. The van der Waals surface area contributed by atoms with Crippen LogP contribution in [0.1, 0.15) is 29.8 Å². The van der Waals surface area contributed by atoms with E-state index in [2.05, 4.69) is 20.2 Å². The van der Waals surface area contributed by atoms with Gasteiger partial charge in [-0.1, -0.05) is 23.7 Å². The van der Waals surface area contributed by atoms with Gasteiger partial charge in [-0.25, -0.2) is 9.97 Å². The summed E-state index contributed by atoms with van der Waals surface area (Å²) in [5, 5.41) is 3.61. The third-order valence-electron chi connectivity index (χ3n) is 4.19. The number of rotatable bonds is 4. The minimum absolute atomic E-state index is 0.0824. The quantitative estimate of drug-likeness (QED) is 0.921. The van der Waals surface area contributed by atoms with Gasteiger partial charge >= 0.3 is 0 Å². The molecule has 0 unspecified atom stereocenters. The van der Waals surface area contributed by atoms with Crippen molar-refractivity contribution in [2.24, 2.45) is 0 Å². The van der Waals surface area contributed by atoms with Crippen molar-refractivity contribution in [3.63, 3.8) is 0 Å². The number of nitrogens with zero attached hydrogens (tertiary/aromatic N) is 3. The van der Waals surface area contributed by atoms with Gasteiger partial charge in [-0.15, -0.1) is 0 Å². The minimum atomic E-state index is -0.0824. The zero-order valence-electron chi connectivity index (χ0n) is 14.0. The second-order valence-electron chi connectivity index (χ2n) is 6.12. The van der Waals surface area contributed by atoms with Crippen molar-refractivity contribution >= 4 is 29.1 Å². The van der Waals surface area contributed by atoms with E-state index in [9.17, 15) is 4.79 Å². The molecule has 2 aromatic rings. The van der Waals surface area contributed by atoms with Crippen molar-refractivity contribution in [2.75, 3.05) is 23.3 Å². The molecule has 3 rings (SSSR count). The van der Waals surface area contributed by atoms with Gasteiger partial charge in [-0.2, -0.15) is 0 Å². The summed E-state index contributed by atoms with van der Waals surface area (Å²) in [6.07, 6.45) is 2.66. The molecule has 0 aliphatic carbocycles. The molecule has 5 nitrogen and oxygen atoms in total. The highest BCUT2D eigenvalue weighted by Gasteiger charge is 2.18. The van der Waals surface area contributed by atoms with E-state index < -0.39 is 0 Å². The summed E-state index contributed by atoms with van der Waals surface area (Å²) in [6, 6.07) is 7.28. The number of aryl methyl sites for hydroxylation is 2. The lowest BCUT2D eigenvalue weighted by atomic mass is 10.1. The first-order valence-electron chi connectivity index (χ1n) is 8.17. The number of nitrogens with one attached hydrogen (secondary N) is 1. The Kier molecular flexibility index (Phi) is 5.00. The average molecular weight is 345 g/mol. The maximum absolute atomic E-state index is 12.3. The van der Waals surface area contributed by atoms with Crippen LogP contribution in [0, 0.1) is 13.8 Å². The van der Waals surface area contributed by atoms with Gasteiger partial charge in [0.05, 0.1) is 23.5 Å². The number of carbonyl (C=O) groups excluding carboxylic acids is 1. The van der Waals surface area contributed by atoms with E-state index in [1.165, 1.54) is 12.8 Å². The Balaban J connectivity index is 1.72. The van der Waals surface area contributed by atoms with Gasteiger partial charge in [0.15, 0.2) is 0 Å². The van der Waals surface area contributed by atoms with Crippen LogP contribution < -0.4 is 10.2 Å². The highest BCUT2D eigenvalue weighted by Crippen LogP contribution is 2.23. The fourth-order valence-corrected chi connectivity index (χ4v) is 3.04. The van der Waals surface area contributed by atoms with E-state index in [-0.39, 0.29) is 5.91 Å². The topological polar surface area (TPSA) is 58.1 Å². The van der Waals surface area contributed by atoms with Crippen LogP contribution in [0.25, 0.3) is 0 Å². The lowest BCUT2D eigenvalue weighted by Gasteiger charge is -2.18. The molecule has 0 atom stereocenters. The first-order valence-corrected chi connectivity index (χ1v) is 8.55. The molecule has 1 aliphatic heterocycles. The molecule has 0 spiro atoms. The summed E-state index contributed by atoms with van der Waals surface area (Å²) in [7, 11) is 0. The molecule has 24 heavy (non-hydrogen) atoms. The summed E-state index contributed by atoms with van der Waals surface area (Å²) in [5.74, 6) is 0.680. The largest absolute Gasteiger partial charge is 0.341 e. The van der Waals surface area contributed by atoms with Gasteiger partial charge in [0.25, 0.3) is 0 Å². The predicted molar refractivity (Wildman–Crippen MR) is 96.7 cm³/mol. The number of anilines is 2. The van der Waals surface area contributed by atoms with Crippen LogP contribution >= 0.6 is 11.6 Å². The zero-order chi connectivity index (χ0) is 17.1. The van der Waals surface area contributed by atoms with Crippen LogP contribution in [0.15, 0.2) is 24.3 Å². The highest BCUT2D eigenvalue weighted by atomic mass is 35.5. The second-order valence-corrected chi connectivity index (χ2v) is 6.55.